The van der Waals surface area contributed by atoms with E-state index in [4.69, 9.17) is 0 Å². The second-order valence-corrected chi connectivity index (χ2v) is 9.83. The summed E-state index contributed by atoms with van der Waals surface area (Å²) in [5.74, 6) is -4.88. The molecule has 10 nitrogen and oxygen atoms in total. The van der Waals surface area contributed by atoms with Crippen molar-refractivity contribution in [1.82, 2.24) is 25.3 Å². The molecule has 0 radical (unpaired) electrons. The quantitative estimate of drug-likeness (QED) is 0.421. The smallest absolute Gasteiger partial charge is 0.267 e. The number of halogens is 2. The molecule has 36 heavy (non-hydrogen) atoms. The number of alkyl halides is 2. The number of aliphatic hydroxyl groups excluding tert-OH is 2. The Balaban J connectivity index is 1.39. The number of rotatable bonds is 7. The Labute approximate surface area is 210 Å². The maximum absolute atomic E-state index is 14.2. The van der Waals surface area contributed by atoms with Gasteiger partial charge in [0.1, 0.15) is 0 Å². The summed E-state index contributed by atoms with van der Waals surface area (Å²) < 4.78 is 30.2. The molecular weight excluding hydrogens is 494 g/mol. The summed E-state index contributed by atoms with van der Waals surface area (Å²) in [6.45, 7) is 0.764. The van der Waals surface area contributed by atoms with Gasteiger partial charge in [-0.2, -0.15) is 5.10 Å². The number of amidine groups is 1. The second kappa shape index (κ2) is 10.5. The summed E-state index contributed by atoms with van der Waals surface area (Å²) in [7, 11) is 1.66. The zero-order valence-corrected chi connectivity index (χ0v) is 20.5. The molecule has 2 aliphatic heterocycles. The number of hydrogen-bond acceptors (Lipinski definition) is 8. The first-order valence-corrected chi connectivity index (χ1v) is 12.4. The fourth-order valence-electron chi connectivity index (χ4n) is 4.32. The van der Waals surface area contributed by atoms with E-state index >= 15 is 0 Å². The van der Waals surface area contributed by atoms with Crippen molar-refractivity contribution in [2.24, 2.45) is 4.99 Å². The molecule has 194 valence electrons. The fraction of sp³-hybridized carbons (Fsp3) is 0.478. The lowest BCUT2D eigenvalue weighted by molar-refractivity contribution is -0.154. The van der Waals surface area contributed by atoms with Crippen LogP contribution in [0.15, 0.2) is 47.7 Å². The van der Waals surface area contributed by atoms with E-state index in [0.29, 0.717) is 16.5 Å². The van der Waals surface area contributed by atoms with Crippen LogP contribution in [0.4, 0.5) is 8.78 Å². The molecule has 13 heteroatoms. The number of amides is 2. The standard InChI is InChI=1S/C23H28F2N6O4S/c1-13(14-4-6-15(7-5-14)31-9-3-8-27-31)28-20(34)18(32)19(33)21(35)30-12-23(24,25)10-17(30)16-11-36-22(26-2)29-16/h3-9,13,16-19,32-33H,10-12H2,1-2H3,(H,26,29)(H,28,34)/t13-,16?,17-,18-,19-/m1/s1. The Morgan fingerprint density at radius 1 is 1.22 bits per heavy atom. The van der Waals surface area contributed by atoms with E-state index in [0.717, 1.165) is 10.6 Å². The van der Waals surface area contributed by atoms with Crippen LogP contribution in [0.5, 0.6) is 0 Å². The summed E-state index contributed by atoms with van der Waals surface area (Å²) in [6, 6.07) is 6.83. The lowest BCUT2D eigenvalue weighted by Crippen LogP contribution is -2.54. The maximum Gasteiger partial charge on any atom is 0.267 e. The molecule has 1 fully saturated rings. The van der Waals surface area contributed by atoms with Crippen LogP contribution in [0.25, 0.3) is 5.69 Å². The Morgan fingerprint density at radius 2 is 1.94 bits per heavy atom. The van der Waals surface area contributed by atoms with Crippen molar-refractivity contribution in [1.29, 1.82) is 0 Å². The minimum atomic E-state index is -3.16. The number of thioether (sulfide) groups is 1. The molecule has 1 aromatic carbocycles. The SMILES string of the molecule is CNC1=NC([C@H]2CC(F)(F)CN2C(=O)[C@H](O)[C@@H](O)C(=O)N[C@H](C)c2ccc(-n3cccn3)cc2)CS1. The highest BCUT2D eigenvalue weighted by molar-refractivity contribution is 8.14. The number of nitrogens with one attached hydrogen (secondary N) is 2. The van der Waals surface area contributed by atoms with Crippen molar-refractivity contribution in [3.05, 3.63) is 48.3 Å². The van der Waals surface area contributed by atoms with Crippen LogP contribution in [0.1, 0.15) is 24.9 Å². The van der Waals surface area contributed by atoms with Crippen LogP contribution in [0.3, 0.4) is 0 Å². The molecule has 0 bridgehead atoms. The molecule has 2 amide bonds. The summed E-state index contributed by atoms with van der Waals surface area (Å²) in [4.78, 5) is 30.7. The van der Waals surface area contributed by atoms with E-state index in [2.05, 4.69) is 20.7 Å². The van der Waals surface area contributed by atoms with E-state index in [1.165, 1.54) is 11.8 Å². The van der Waals surface area contributed by atoms with Crippen LogP contribution in [-0.2, 0) is 9.59 Å². The Hall–Kier alpha value is -3.03. The summed E-state index contributed by atoms with van der Waals surface area (Å²) in [6.07, 6.45) is -1.50. The van der Waals surface area contributed by atoms with Gasteiger partial charge in [-0.1, -0.05) is 23.9 Å². The molecule has 1 aromatic heterocycles. The minimum absolute atomic E-state index is 0.399. The third-order valence-electron chi connectivity index (χ3n) is 6.27. The topological polar surface area (TPSA) is 132 Å². The molecule has 3 heterocycles. The van der Waals surface area contributed by atoms with E-state index in [-0.39, 0.29) is 0 Å². The number of likely N-dealkylation sites (tertiary alicyclic amines) is 1. The average molecular weight is 523 g/mol. The predicted octanol–water partition coefficient (Wildman–Crippen LogP) is 0.698. The first-order valence-electron chi connectivity index (χ1n) is 11.4. The predicted molar refractivity (Wildman–Crippen MR) is 130 cm³/mol. The van der Waals surface area contributed by atoms with Crippen LogP contribution in [-0.4, -0.2) is 91.4 Å². The van der Waals surface area contributed by atoms with Crippen LogP contribution in [0.2, 0.25) is 0 Å². The number of carbonyl (C=O) groups excluding carboxylic acids is 2. The number of carbonyl (C=O) groups is 2. The lowest BCUT2D eigenvalue weighted by atomic mass is 10.0. The normalized spacial score (nSPS) is 23.6. The third-order valence-corrected chi connectivity index (χ3v) is 7.36. The third kappa shape index (κ3) is 5.52. The first kappa shape index (κ1) is 26.0. The number of benzene rings is 1. The molecule has 1 unspecified atom stereocenters. The Kier molecular flexibility index (Phi) is 7.62. The van der Waals surface area contributed by atoms with Gasteiger partial charge in [0.05, 0.1) is 30.4 Å². The largest absolute Gasteiger partial charge is 0.380 e. The van der Waals surface area contributed by atoms with Gasteiger partial charge in [0.2, 0.25) is 0 Å². The molecule has 2 aliphatic rings. The van der Waals surface area contributed by atoms with E-state index in [9.17, 15) is 28.6 Å². The summed E-state index contributed by atoms with van der Waals surface area (Å²) in [5.41, 5.74) is 1.52. The van der Waals surface area contributed by atoms with Crippen molar-refractivity contribution in [3.63, 3.8) is 0 Å². The monoisotopic (exact) mass is 522 g/mol. The lowest BCUT2D eigenvalue weighted by Gasteiger charge is -2.30. The number of hydrogen-bond donors (Lipinski definition) is 4. The van der Waals surface area contributed by atoms with Gasteiger partial charge in [0, 0.05) is 31.6 Å². The fourth-order valence-corrected chi connectivity index (χ4v) is 5.30. The molecule has 2 aromatic rings. The minimum Gasteiger partial charge on any atom is -0.380 e. The van der Waals surface area contributed by atoms with Crippen molar-refractivity contribution >= 4 is 28.7 Å². The molecule has 0 spiro atoms. The summed E-state index contributed by atoms with van der Waals surface area (Å²) >= 11 is 1.35. The zero-order chi connectivity index (χ0) is 26.0. The van der Waals surface area contributed by atoms with Crippen molar-refractivity contribution in [2.45, 2.75) is 49.6 Å². The number of aliphatic imine (C=N–C) groups is 1. The molecule has 0 aliphatic carbocycles. The molecule has 1 saturated heterocycles. The highest BCUT2D eigenvalue weighted by Gasteiger charge is 2.52. The first-order chi connectivity index (χ1) is 17.1. The van der Waals surface area contributed by atoms with Gasteiger partial charge >= 0.3 is 0 Å². The molecular formula is C23H28F2N6O4S. The van der Waals surface area contributed by atoms with Crippen molar-refractivity contribution < 1.29 is 28.6 Å². The summed E-state index contributed by atoms with van der Waals surface area (Å²) in [5, 5.41) is 31.0. The Bertz CT molecular complexity index is 1110. The van der Waals surface area contributed by atoms with Gasteiger partial charge in [-0.3, -0.25) is 14.6 Å². The van der Waals surface area contributed by atoms with Crippen LogP contribution in [0, 0.1) is 0 Å². The van der Waals surface area contributed by atoms with E-state index in [1.807, 2.05) is 0 Å². The van der Waals surface area contributed by atoms with Gasteiger partial charge in [-0.25, -0.2) is 13.5 Å². The molecule has 4 N–H and O–H groups in total. The van der Waals surface area contributed by atoms with Crippen molar-refractivity contribution in [2.75, 3.05) is 19.3 Å². The Morgan fingerprint density at radius 3 is 2.56 bits per heavy atom. The van der Waals surface area contributed by atoms with Gasteiger partial charge in [-0.05, 0) is 30.7 Å². The van der Waals surface area contributed by atoms with Crippen LogP contribution >= 0.6 is 11.8 Å². The van der Waals surface area contributed by atoms with Gasteiger partial charge in [0.15, 0.2) is 17.4 Å². The van der Waals surface area contributed by atoms with Crippen LogP contribution < -0.4 is 10.6 Å². The number of aromatic nitrogens is 2. The average Bonchev–Trinajstić information content (AvgIpc) is 3.62. The molecule has 0 saturated carbocycles. The van der Waals surface area contributed by atoms with Gasteiger partial charge in [-0.15, -0.1) is 0 Å². The highest BCUT2D eigenvalue weighted by atomic mass is 32.2. The number of aliphatic hydroxyl groups is 2. The molecule has 5 atom stereocenters. The van der Waals surface area contributed by atoms with E-state index in [1.54, 1.807) is 61.4 Å². The second-order valence-electron chi connectivity index (χ2n) is 8.82. The zero-order valence-electron chi connectivity index (χ0n) is 19.7. The van der Waals surface area contributed by atoms with Gasteiger partial charge < -0.3 is 25.7 Å². The number of nitrogens with zero attached hydrogens (tertiary/aromatic N) is 4. The van der Waals surface area contributed by atoms with Gasteiger partial charge in [0.25, 0.3) is 17.7 Å². The highest BCUT2D eigenvalue weighted by Crippen LogP contribution is 2.37. The van der Waals surface area contributed by atoms with E-state index < -0.39 is 61.0 Å². The molecule has 4 rings (SSSR count). The maximum atomic E-state index is 14.2. The van der Waals surface area contributed by atoms with Crippen molar-refractivity contribution in [3.8, 4) is 5.69 Å².